The summed E-state index contributed by atoms with van der Waals surface area (Å²) in [5.41, 5.74) is 2.20. The molecule has 1 aromatic carbocycles. The smallest absolute Gasteiger partial charge is 0.325 e. The Morgan fingerprint density at radius 2 is 1.77 bits per heavy atom. The molecule has 2 N–H and O–H groups in total. The van der Waals surface area contributed by atoms with Gasteiger partial charge in [-0.15, -0.1) is 0 Å². The largest absolute Gasteiger partial charge is 0.468 e. The minimum atomic E-state index is -0.514. The van der Waals surface area contributed by atoms with E-state index in [1.165, 1.54) is 12.7 Å². The lowest BCUT2D eigenvalue weighted by atomic mass is 10.1. The fourth-order valence-electron chi connectivity index (χ4n) is 3.10. The summed E-state index contributed by atoms with van der Waals surface area (Å²) < 4.78 is 4.47. The van der Waals surface area contributed by atoms with Gasteiger partial charge in [0.25, 0.3) is 5.91 Å². The molecule has 1 aliphatic rings. The summed E-state index contributed by atoms with van der Waals surface area (Å²) in [4.78, 5) is 35.5. The van der Waals surface area contributed by atoms with Gasteiger partial charge in [0.05, 0.1) is 13.0 Å². The molecule has 140 valence electrons. The van der Waals surface area contributed by atoms with Crippen LogP contribution in [-0.4, -0.2) is 31.4 Å². The molecular weight excluding hydrogens is 332 g/mol. The number of ether oxygens (including phenoxy) is 1. The van der Waals surface area contributed by atoms with Crippen molar-refractivity contribution in [3.05, 3.63) is 41.5 Å². The van der Waals surface area contributed by atoms with Crippen molar-refractivity contribution in [3.8, 4) is 0 Å². The third-order valence-electron chi connectivity index (χ3n) is 4.74. The minimum Gasteiger partial charge on any atom is -0.468 e. The molecule has 1 aromatic rings. The highest BCUT2D eigenvalue weighted by molar-refractivity contribution is 5.98. The van der Waals surface area contributed by atoms with Crippen LogP contribution in [0.3, 0.4) is 0 Å². The Labute approximate surface area is 154 Å². The van der Waals surface area contributed by atoms with Crippen molar-refractivity contribution in [2.45, 2.75) is 27.7 Å². The van der Waals surface area contributed by atoms with Crippen LogP contribution in [0.25, 0.3) is 0 Å². The molecule has 6 heteroatoms. The van der Waals surface area contributed by atoms with E-state index in [2.05, 4.69) is 35.3 Å². The van der Waals surface area contributed by atoms with Crippen LogP contribution in [0.5, 0.6) is 0 Å². The average Bonchev–Trinajstić information content (AvgIpc) is 3.12. The number of nitrogens with one attached hydrogen (secondary N) is 2. The van der Waals surface area contributed by atoms with Crippen molar-refractivity contribution in [3.63, 3.8) is 0 Å². The molecule has 26 heavy (non-hydrogen) atoms. The molecule has 0 aliphatic heterocycles. The van der Waals surface area contributed by atoms with Gasteiger partial charge in [0, 0.05) is 11.3 Å². The first-order valence-corrected chi connectivity index (χ1v) is 8.57. The maximum absolute atomic E-state index is 12.5. The first-order valence-electron chi connectivity index (χ1n) is 8.57. The van der Waals surface area contributed by atoms with Gasteiger partial charge in [-0.2, -0.15) is 0 Å². The maximum Gasteiger partial charge on any atom is 0.325 e. The molecule has 2 amide bonds. The number of carbonyl (C=O) groups is 3. The first kappa shape index (κ1) is 19.7. The summed E-state index contributed by atoms with van der Waals surface area (Å²) in [5.74, 6) is -0.711. The molecule has 0 spiro atoms. The van der Waals surface area contributed by atoms with E-state index in [9.17, 15) is 14.4 Å². The highest BCUT2D eigenvalue weighted by Gasteiger charge is 2.60. The molecule has 1 saturated carbocycles. The molecule has 1 fully saturated rings. The van der Waals surface area contributed by atoms with E-state index >= 15 is 0 Å². The molecule has 0 unspecified atom stereocenters. The highest BCUT2D eigenvalue weighted by atomic mass is 16.5. The lowest BCUT2D eigenvalue weighted by Gasteiger charge is -2.08. The zero-order valence-electron chi connectivity index (χ0n) is 15.9. The number of hydrogen-bond donors (Lipinski definition) is 2. The monoisotopic (exact) mass is 358 g/mol. The third-order valence-corrected chi connectivity index (χ3v) is 4.74. The Balaban J connectivity index is 1.95. The van der Waals surface area contributed by atoms with E-state index in [0.717, 1.165) is 0 Å². The minimum absolute atomic E-state index is 0.0135. The van der Waals surface area contributed by atoms with Crippen LogP contribution in [0.15, 0.2) is 35.9 Å². The van der Waals surface area contributed by atoms with Crippen LogP contribution in [-0.2, 0) is 14.3 Å². The predicted octanol–water partition coefficient (Wildman–Crippen LogP) is 2.77. The van der Waals surface area contributed by atoms with Crippen LogP contribution < -0.4 is 10.6 Å². The number of carbonyl (C=O) groups excluding carboxylic acids is 3. The van der Waals surface area contributed by atoms with E-state index in [1.54, 1.807) is 24.3 Å². The van der Waals surface area contributed by atoms with Crippen molar-refractivity contribution in [2.24, 2.45) is 17.3 Å². The zero-order valence-corrected chi connectivity index (χ0v) is 15.9. The second-order valence-corrected chi connectivity index (χ2v) is 7.39. The van der Waals surface area contributed by atoms with E-state index in [0.29, 0.717) is 11.3 Å². The van der Waals surface area contributed by atoms with Gasteiger partial charge in [-0.1, -0.05) is 25.5 Å². The molecule has 1 aliphatic carbocycles. The molecule has 6 nitrogen and oxygen atoms in total. The number of methoxy groups -OCH3 is 1. The van der Waals surface area contributed by atoms with E-state index in [-0.39, 0.29) is 35.6 Å². The Bertz CT molecular complexity index is 731. The zero-order chi connectivity index (χ0) is 19.5. The number of allylic oxidation sites excluding steroid dienone is 2. The van der Waals surface area contributed by atoms with Gasteiger partial charge in [-0.3, -0.25) is 14.4 Å². The second kappa shape index (κ2) is 7.72. The SMILES string of the molecule is COC(=O)CNC(=O)c1ccc(NC(=O)[C@@H]2[C@H](C=C(C)C)C2(C)C)cc1. The summed E-state index contributed by atoms with van der Waals surface area (Å²) in [6, 6.07) is 6.56. The lowest BCUT2D eigenvalue weighted by molar-refractivity contribution is -0.139. The highest BCUT2D eigenvalue weighted by Crippen LogP contribution is 2.59. The lowest BCUT2D eigenvalue weighted by Crippen LogP contribution is -2.30. The van der Waals surface area contributed by atoms with E-state index < -0.39 is 5.97 Å². The van der Waals surface area contributed by atoms with Crippen LogP contribution in [0.1, 0.15) is 38.1 Å². The van der Waals surface area contributed by atoms with Gasteiger partial charge in [0.2, 0.25) is 5.91 Å². The molecule has 2 atom stereocenters. The Hall–Kier alpha value is -2.63. The Morgan fingerprint density at radius 1 is 1.15 bits per heavy atom. The fourth-order valence-corrected chi connectivity index (χ4v) is 3.10. The normalized spacial score (nSPS) is 19.9. The van der Waals surface area contributed by atoms with Crippen molar-refractivity contribution in [2.75, 3.05) is 19.0 Å². The summed E-state index contributed by atoms with van der Waals surface area (Å²) in [5, 5.41) is 5.38. The molecule has 2 rings (SSSR count). The summed E-state index contributed by atoms with van der Waals surface area (Å²) in [7, 11) is 1.26. The molecule has 0 heterocycles. The summed E-state index contributed by atoms with van der Waals surface area (Å²) >= 11 is 0. The van der Waals surface area contributed by atoms with Crippen LogP contribution in [0, 0.1) is 17.3 Å². The number of esters is 1. The topological polar surface area (TPSA) is 84.5 Å². The van der Waals surface area contributed by atoms with Gasteiger partial charge >= 0.3 is 5.97 Å². The molecule has 0 saturated heterocycles. The van der Waals surface area contributed by atoms with Gasteiger partial charge < -0.3 is 15.4 Å². The third kappa shape index (κ3) is 4.50. The van der Waals surface area contributed by atoms with Crippen LogP contribution in [0.2, 0.25) is 0 Å². The number of hydrogen-bond acceptors (Lipinski definition) is 4. The molecule has 0 radical (unpaired) electrons. The standard InChI is InChI=1S/C20H26N2O4/c1-12(2)10-15-17(20(15,3)4)19(25)22-14-8-6-13(7-9-14)18(24)21-11-16(23)26-5/h6-10,15,17H,11H2,1-5H3,(H,21,24)(H,22,25)/t15-,17-/m0/s1. The second-order valence-electron chi connectivity index (χ2n) is 7.39. The quantitative estimate of drug-likeness (QED) is 0.605. The van der Waals surface area contributed by atoms with E-state index in [1.807, 2.05) is 13.8 Å². The van der Waals surface area contributed by atoms with Crippen LogP contribution >= 0.6 is 0 Å². The number of anilines is 1. The van der Waals surface area contributed by atoms with Crippen LogP contribution in [0.4, 0.5) is 5.69 Å². The van der Waals surface area contributed by atoms with Gasteiger partial charge in [0.1, 0.15) is 6.54 Å². The van der Waals surface area contributed by atoms with Gasteiger partial charge in [-0.05, 0) is 49.4 Å². The Kier molecular flexibility index (Phi) is 5.85. The van der Waals surface area contributed by atoms with Crippen molar-refractivity contribution in [1.82, 2.24) is 5.32 Å². The Morgan fingerprint density at radius 3 is 2.31 bits per heavy atom. The van der Waals surface area contributed by atoms with Gasteiger partial charge in [0.15, 0.2) is 0 Å². The van der Waals surface area contributed by atoms with Crippen molar-refractivity contribution in [1.29, 1.82) is 0 Å². The predicted molar refractivity (Wildman–Crippen MR) is 99.6 cm³/mol. The first-order chi connectivity index (χ1) is 12.2. The summed E-state index contributed by atoms with van der Waals surface area (Å²) in [6.45, 7) is 8.07. The fraction of sp³-hybridized carbons (Fsp3) is 0.450. The van der Waals surface area contributed by atoms with E-state index in [4.69, 9.17) is 0 Å². The number of amides is 2. The van der Waals surface area contributed by atoms with Gasteiger partial charge in [-0.25, -0.2) is 0 Å². The molecular formula is C20H26N2O4. The summed E-state index contributed by atoms with van der Waals surface area (Å²) in [6.07, 6.45) is 2.15. The number of benzene rings is 1. The average molecular weight is 358 g/mol. The maximum atomic E-state index is 12.5. The number of rotatable bonds is 6. The van der Waals surface area contributed by atoms with Crippen molar-refractivity contribution >= 4 is 23.5 Å². The molecule has 0 bridgehead atoms. The van der Waals surface area contributed by atoms with Crippen molar-refractivity contribution < 1.29 is 19.1 Å². The molecule has 0 aromatic heterocycles.